The van der Waals surface area contributed by atoms with Crippen LogP contribution in [0.2, 0.25) is 5.02 Å². The number of hydrogen-bond donors (Lipinski definition) is 1. The molecule has 1 aliphatic carbocycles. The number of nitrogens with zero attached hydrogens (tertiary/aromatic N) is 1. The second kappa shape index (κ2) is 10.2. The van der Waals surface area contributed by atoms with E-state index >= 15 is 0 Å². The molecule has 0 spiro atoms. The van der Waals surface area contributed by atoms with Gasteiger partial charge >= 0.3 is 0 Å². The highest BCUT2D eigenvalue weighted by Crippen LogP contribution is 2.34. The molecule has 0 aromatic heterocycles. The van der Waals surface area contributed by atoms with Crippen molar-refractivity contribution in [3.8, 4) is 11.1 Å². The molecule has 2 N–H and O–H groups in total. The van der Waals surface area contributed by atoms with E-state index < -0.39 is 0 Å². The van der Waals surface area contributed by atoms with Gasteiger partial charge in [-0.15, -0.1) is 0 Å². The Balaban J connectivity index is 1.98. The molecule has 0 heterocycles. The van der Waals surface area contributed by atoms with E-state index in [4.69, 9.17) is 22.3 Å². The zero-order valence-corrected chi connectivity index (χ0v) is 19.8. The molecule has 3 heteroatoms. The van der Waals surface area contributed by atoms with Gasteiger partial charge in [-0.25, -0.2) is 0 Å². The van der Waals surface area contributed by atoms with Gasteiger partial charge in [0.15, 0.2) is 0 Å². The van der Waals surface area contributed by atoms with Gasteiger partial charge < -0.3 is 5.73 Å². The summed E-state index contributed by atoms with van der Waals surface area (Å²) >= 11 is 6.55. The van der Waals surface area contributed by atoms with Crippen LogP contribution in [0.5, 0.6) is 0 Å². The first-order valence-electron chi connectivity index (χ1n) is 11.0. The zero-order chi connectivity index (χ0) is 22.5. The Bertz CT molecular complexity index is 1060. The van der Waals surface area contributed by atoms with Crippen LogP contribution in [-0.4, -0.2) is 12.3 Å². The first-order chi connectivity index (χ1) is 14.8. The molecule has 2 aromatic carbocycles. The molecule has 0 amide bonds. The van der Waals surface area contributed by atoms with E-state index in [1.807, 2.05) is 31.3 Å². The van der Waals surface area contributed by atoms with Crippen molar-refractivity contribution in [3.05, 3.63) is 88.0 Å². The van der Waals surface area contributed by atoms with E-state index in [-0.39, 0.29) is 6.04 Å². The SMILES string of the molecule is C=CC1=CC=C(C(CC(C)C)N=Cc2c(N)ccc(-c3ccc(C)cc3Cl)c2C)CC1. The first-order valence-corrected chi connectivity index (χ1v) is 11.4. The Morgan fingerprint density at radius 2 is 1.84 bits per heavy atom. The van der Waals surface area contributed by atoms with Crippen LogP contribution in [0.25, 0.3) is 11.1 Å². The van der Waals surface area contributed by atoms with Crippen LogP contribution in [0, 0.1) is 19.8 Å². The van der Waals surface area contributed by atoms with Crippen LogP contribution < -0.4 is 5.73 Å². The van der Waals surface area contributed by atoms with Gasteiger partial charge in [-0.2, -0.15) is 0 Å². The van der Waals surface area contributed by atoms with Crippen LogP contribution >= 0.6 is 11.6 Å². The molecule has 3 rings (SSSR count). The second-order valence-corrected chi connectivity index (χ2v) is 9.24. The van der Waals surface area contributed by atoms with Crippen LogP contribution in [0.1, 0.15) is 49.8 Å². The number of aryl methyl sites for hydroxylation is 1. The molecule has 2 nitrogen and oxygen atoms in total. The van der Waals surface area contributed by atoms with Crippen molar-refractivity contribution in [1.82, 2.24) is 0 Å². The summed E-state index contributed by atoms with van der Waals surface area (Å²) in [6.07, 6.45) is 11.4. The van der Waals surface area contributed by atoms with E-state index in [0.29, 0.717) is 5.92 Å². The van der Waals surface area contributed by atoms with Crippen molar-refractivity contribution >= 4 is 23.5 Å². The van der Waals surface area contributed by atoms with Crippen molar-refractivity contribution in [2.45, 2.75) is 53.0 Å². The highest BCUT2D eigenvalue weighted by atomic mass is 35.5. The Hall–Kier alpha value is -2.58. The lowest BCUT2D eigenvalue weighted by molar-refractivity contribution is 0.525. The summed E-state index contributed by atoms with van der Waals surface area (Å²) in [6.45, 7) is 12.5. The van der Waals surface area contributed by atoms with Crippen molar-refractivity contribution in [3.63, 3.8) is 0 Å². The lowest BCUT2D eigenvalue weighted by Crippen LogP contribution is -2.14. The van der Waals surface area contributed by atoms with Gasteiger partial charge in [-0.1, -0.05) is 68.5 Å². The van der Waals surface area contributed by atoms with Crippen LogP contribution in [-0.2, 0) is 0 Å². The molecule has 31 heavy (non-hydrogen) atoms. The summed E-state index contributed by atoms with van der Waals surface area (Å²) in [6, 6.07) is 10.3. The smallest absolute Gasteiger partial charge is 0.0714 e. The fourth-order valence-electron chi connectivity index (χ4n) is 4.09. The second-order valence-electron chi connectivity index (χ2n) is 8.84. The van der Waals surface area contributed by atoms with E-state index in [0.717, 1.165) is 57.8 Å². The molecule has 0 radical (unpaired) electrons. The highest BCUT2D eigenvalue weighted by Gasteiger charge is 2.17. The number of hydrogen-bond acceptors (Lipinski definition) is 2. The average Bonchev–Trinajstić information content (AvgIpc) is 2.73. The van der Waals surface area contributed by atoms with Gasteiger partial charge in [0.1, 0.15) is 0 Å². The van der Waals surface area contributed by atoms with Crippen molar-refractivity contribution < 1.29 is 0 Å². The maximum atomic E-state index is 6.55. The molecule has 1 atom stereocenters. The normalized spacial score (nSPS) is 15.2. The van der Waals surface area contributed by atoms with Gasteiger partial charge in [0.05, 0.1) is 6.04 Å². The molecule has 0 aliphatic heterocycles. The van der Waals surface area contributed by atoms with Crippen LogP contribution in [0.15, 0.2) is 71.3 Å². The molecule has 0 bridgehead atoms. The highest BCUT2D eigenvalue weighted by molar-refractivity contribution is 6.33. The number of nitrogens with two attached hydrogens (primary N) is 1. The molecule has 2 aromatic rings. The number of anilines is 1. The molecule has 0 saturated heterocycles. The fraction of sp³-hybridized carbons (Fsp3) is 0.321. The maximum absolute atomic E-state index is 6.55. The van der Waals surface area contributed by atoms with E-state index in [2.05, 4.69) is 57.7 Å². The van der Waals surface area contributed by atoms with Crippen LogP contribution in [0.3, 0.4) is 0 Å². The topological polar surface area (TPSA) is 38.4 Å². The molecular weight excluding hydrogens is 400 g/mol. The lowest BCUT2D eigenvalue weighted by Gasteiger charge is -2.21. The number of halogens is 1. The standard InChI is InChI=1S/C28H33ClN2/c1-6-21-8-10-22(11-9-21)28(15-18(2)3)31-17-25-20(5)23(13-14-27(25)30)24-12-7-19(4)16-26(24)29/h6-8,10,12-14,16-18,28H,1,9,11,15,30H2,2-5H3. The third kappa shape index (κ3) is 5.57. The lowest BCUT2D eigenvalue weighted by atomic mass is 9.89. The van der Waals surface area contributed by atoms with Crippen LogP contribution in [0.4, 0.5) is 5.69 Å². The Morgan fingerprint density at radius 1 is 1.10 bits per heavy atom. The number of aliphatic imine (C=N–C) groups is 1. The Morgan fingerprint density at radius 3 is 2.45 bits per heavy atom. The van der Waals surface area contributed by atoms with Gasteiger partial charge in [0.2, 0.25) is 0 Å². The Kier molecular flexibility index (Phi) is 7.56. The van der Waals surface area contributed by atoms with Crippen molar-refractivity contribution in [1.29, 1.82) is 0 Å². The number of benzene rings is 2. The number of allylic oxidation sites excluding steroid dienone is 4. The maximum Gasteiger partial charge on any atom is 0.0714 e. The van der Waals surface area contributed by atoms with E-state index in [1.165, 1.54) is 11.1 Å². The quantitative estimate of drug-likeness (QED) is 0.350. The predicted molar refractivity (Wildman–Crippen MR) is 137 cm³/mol. The molecule has 162 valence electrons. The van der Waals surface area contributed by atoms with E-state index in [9.17, 15) is 0 Å². The fourth-order valence-corrected chi connectivity index (χ4v) is 4.42. The van der Waals surface area contributed by atoms with Crippen molar-refractivity contribution in [2.24, 2.45) is 10.9 Å². The number of nitrogen functional groups attached to an aromatic ring is 1. The molecule has 0 fully saturated rings. The average molecular weight is 433 g/mol. The summed E-state index contributed by atoms with van der Waals surface area (Å²) in [5.74, 6) is 0.559. The van der Waals surface area contributed by atoms with Gasteiger partial charge in [-0.05, 0) is 79.0 Å². The minimum atomic E-state index is 0.160. The third-order valence-electron chi connectivity index (χ3n) is 5.95. The molecule has 1 aliphatic rings. The van der Waals surface area contributed by atoms with Gasteiger partial charge in [-0.3, -0.25) is 4.99 Å². The largest absolute Gasteiger partial charge is 0.398 e. The molecule has 1 unspecified atom stereocenters. The van der Waals surface area contributed by atoms with Gasteiger partial charge in [0, 0.05) is 28.1 Å². The summed E-state index contributed by atoms with van der Waals surface area (Å²) in [7, 11) is 0. The van der Waals surface area contributed by atoms with E-state index in [1.54, 1.807) is 0 Å². The minimum absolute atomic E-state index is 0.160. The summed E-state index contributed by atoms with van der Waals surface area (Å²) < 4.78 is 0. The number of rotatable bonds is 7. The molecular formula is C28H33ClN2. The van der Waals surface area contributed by atoms with Gasteiger partial charge in [0.25, 0.3) is 0 Å². The minimum Gasteiger partial charge on any atom is -0.398 e. The first kappa shape index (κ1) is 23.1. The Labute approximate surface area is 192 Å². The monoisotopic (exact) mass is 432 g/mol. The predicted octanol–water partition coefficient (Wildman–Crippen LogP) is 7.87. The molecule has 0 saturated carbocycles. The summed E-state index contributed by atoms with van der Waals surface area (Å²) in [4.78, 5) is 5.04. The van der Waals surface area contributed by atoms with Crippen molar-refractivity contribution in [2.75, 3.05) is 5.73 Å². The zero-order valence-electron chi connectivity index (χ0n) is 19.1. The third-order valence-corrected chi connectivity index (χ3v) is 6.26. The summed E-state index contributed by atoms with van der Waals surface area (Å²) in [5.41, 5.74) is 15.1. The summed E-state index contributed by atoms with van der Waals surface area (Å²) in [5, 5.41) is 0.755.